The minimum Gasteiger partial charge on any atom is -0.467 e. The number of hydrogen-bond donors (Lipinski definition) is 0. The first-order valence-corrected chi connectivity index (χ1v) is 11.2. The van der Waals surface area contributed by atoms with Gasteiger partial charge in [0.25, 0.3) is 11.5 Å². The Hall–Kier alpha value is -4.24. The zero-order chi connectivity index (χ0) is 24.4. The fourth-order valence-electron chi connectivity index (χ4n) is 3.92. The number of hydrogen-bond acceptors (Lipinski definition) is 7. The van der Waals surface area contributed by atoms with E-state index in [2.05, 4.69) is 10.1 Å². The summed E-state index contributed by atoms with van der Waals surface area (Å²) in [5.74, 6) is -0.685. The van der Waals surface area contributed by atoms with Gasteiger partial charge in [-0.05, 0) is 42.0 Å². The molecule has 0 fully saturated rings. The highest BCUT2D eigenvalue weighted by Crippen LogP contribution is 2.33. The SMILES string of the molecule is O=C(Cn1c(=O)cnc2ccccc21)OCC(=O)N1N=C(c2ccc(Cl)cc2)CC1c1ccco1. The minimum atomic E-state index is -0.729. The topological polar surface area (TPSA) is 107 Å². The van der Waals surface area contributed by atoms with Gasteiger partial charge < -0.3 is 9.15 Å². The zero-order valence-electron chi connectivity index (χ0n) is 18.3. The molecular formula is C25H19ClN4O5. The minimum absolute atomic E-state index is 0.351. The van der Waals surface area contributed by atoms with Crippen molar-refractivity contribution in [3.05, 3.63) is 99.8 Å². The van der Waals surface area contributed by atoms with Crippen LogP contribution in [0.3, 0.4) is 0 Å². The first-order valence-electron chi connectivity index (χ1n) is 10.8. The van der Waals surface area contributed by atoms with Crippen LogP contribution in [0.25, 0.3) is 11.0 Å². The van der Waals surface area contributed by atoms with Gasteiger partial charge >= 0.3 is 5.97 Å². The highest BCUT2D eigenvalue weighted by molar-refractivity contribution is 6.30. The molecule has 1 atom stereocenters. The number of nitrogens with zero attached hydrogens (tertiary/aromatic N) is 4. The lowest BCUT2D eigenvalue weighted by Gasteiger charge is -2.19. The number of carbonyl (C=O) groups excluding carboxylic acids is 2. The Morgan fingerprint density at radius 2 is 1.89 bits per heavy atom. The molecule has 2 aromatic heterocycles. The van der Waals surface area contributed by atoms with E-state index in [0.717, 1.165) is 11.8 Å². The molecule has 0 aliphatic carbocycles. The lowest BCUT2D eigenvalue weighted by Crippen LogP contribution is -2.32. The predicted molar refractivity (Wildman–Crippen MR) is 128 cm³/mol. The summed E-state index contributed by atoms with van der Waals surface area (Å²) in [6.07, 6.45) is 3.09. The van der Waals surface area contributed by atoms with Crippen LogP contribution in [0.1, 0.15) is 23.8 Å². The maximum Gasteiger partial charge on any atom is 0.326 e. The van der Waals surface area contributed by atoms with E-state index in [9.17, 15) is 14.4 Å². The van der Waals surface area contributed by atoms with E-state index in [4.69, 9.17) is 20.8 Å². The summed E-state index contributed by atoms with van der Waals surface area (Å²) in [5, 5.41) is 6.35. The average Bonchev–Trinajstić information content (AvgIpc) is 3.55. The summed E-state index contributed by atoms with van der Waals surface area (Å²) in [6, 6.07) is 17.1. The molecule has 5 rings (SSSR count). The van der Waals surface area contributed by atoms with Gasteiger partial charge in [0.05, 0.1) is 29.2 Å². The molecule has 9 nitrogen and oxygen atoms in total. The van der Waals surface area contributed by atoms with Crippen molar-refractivity contribution in [2.45, 2.75) is 19.0 Å². The number of ether oxygens (including phenoxy) is 1. The fraction of sp³-hybridized carbons (Fsp3) is 0.160. The Morgan fingerprint density at radius 1 is 1.09 bits per heavy atom. The Bertz CT molecular complexity index is 1480. The third kappa shape index (κ3) is 4.71. The fourth-order valence-corrected chi connectivity index (χ4v) is 4.05. The van der Waals surface area contributed by atoms with Crippen molar-refractivity contribution in [2.75, 3.05) is 6.61 Å². The van der Waals surface area contributed by atoms with Crippen molar-refractivity contribution in [3.63, 3.8) is 0 Å². The number of halogens is 1. The van der Waals surface area contributed by atoms with Crippen molar-refractivity contribution >= 4 is 40.2 Å². The van der Waals surface area contributed by atoms with Gasteiger partial charge in [-0.15, -0.1) is 0 Å². The maximum absolute atomic E-state index is 13.0. The Morgan fingerprint density at radius 3 is 2.66 bits per heavy atom. The number of hydrazone groups is 1. The average molecular weight is 491 g/mol. The van der Waals surface area contributed by atoms with E-state index in [-0.39, 0.29) is 6.54 Å². The number of rotatable bonds is 6. The number of aromatic nitrogens is 2. The number of para-hydroxylation sites is 2. The van der Waals surface area contributed by atoms with Gasteiger partial charge in [0, 0.05) is 11.4 Å². The monoisotopic (exact) mass is 490 g/mol. The van der Waals surface area contributed by atoms with Crippen molar-refractivity contribution in [1.29, 1.82) is 0 Å². The second-order valence-corrected chi connectivity index (χ2v) is 8.30. The third-order valence-electron chi connectivity index (χ3n) is 5.61. The van der Waals surface area contributed by atoms with Crippen LogP contribution in [0, 0.1) is 0 Å². The maximum atomic E-state index is 13.0. The molecule has 3 heterocycles. The van der Waals surface area contributed by atoms with Crippen LogP contribution in [0.4, 0.5) is 0 Å². The summed E-state index contributed by atoms with van der Waals surface area (Å²) in [5.41, 5.74) is 2.12. The number of benzene rings is 2. The second-order valence-electron chi connectivity index (χ2n) is 7.86. The Labute approximate surface area is 204 Å². The molecule has 0 spiro atoms. The molecule has 1 aliphatic rings. The molecule has 0 bridgehead atoms. The van der Waals surface area contributed by atoms with Gasteiger partial charge in [-0.3, -0.25) is 19.0 Å². The molecule has 4 aromatic rings. The molecule has 0 saturated carbocycles. The van der Waals surface area contributed by atoms with Gasteiger partial charge in [-0.1, -0.05) is 35.9 Å². The van der Waals surface area contributed by atoms with Gasteiger partial charge in [0.1, 0.15) is 18.3 Å². The van der Waals surface area contributed by atoms with Crippen LogP contribution < -0.4 is 5.56 Å². The first-order chi connectivity index (χ1) is 17.0. The summed E-state index contributed by atoms with van der Waals surface area (Å²) < 4.78 is 12.0. The molecule has 2 aromatic carbocycles. The van der Waals surface area contributed by atoms with E-state index in [1.807, 2.05) is 12.1 Å². The van der Waals surface area contributed by atoms with Crippen molar-refractivity contribution < 1.29 is 18.7 Å². The first kappa shape index (κ1) is 22.5. The van der Waals surface area contributed by atoms with E-state index in [1.165, 1.54) is 15.8 Å². The Kier molecular flexibility index (Phi) is 6.15. The molecule has 176 valence electrons. The molecule has 1 amide bonds. The lowest BCUT2D eigenvalue weighted by atomic mass is 10.0. The standard InChI is InChI=1S/C25H19ClN4O5/c26-17-9-7-16(8-10-17)19-12-21(22-6-3-11-34-22)30(28-19)24(32)15-35-25(33)14-29-20-5-2-1-4-18(20)27-13-23(29)31/h1-11,13,21H,12,14-15H2. The molecule has 0 radical (unpaired) electrons. The van der Waals surface area contributed by atoms with Gasteiger partial charge in [0.2, 0.25) is 0 Å². The number of amides is 1. The highest BCUT2D eigenvalue weighted by atomic mass is 35.5. The smallest absolute Gasteiger partial charge is 0.326 e. The van der Waals surface area contributed by atoms with Gasteiger partial charge in [-0.2, -0.15) is 5.10 Å². The van der Waals surface area contributed by atoms with Crippen molar-refractivity contribution in [2.24, 2.45) is 5.10 Å². The van der Waals surface area contributed by atoms with Crippen LogP contribution in [0.2, 0.25) is 5.02 Å². The highest BCUT2D eigenvalue weighted by Gasteiger charge is 2.35. The molecule has 10 heteroatoms. The number of carbonyl (C=O) groups is 2. The molecule has 35 heavy (non-hydrogen) atoms. The van der Waals surface area contributed by atoms with Crippen LogP contribution in [0.15, 0.2) is 87.4 Å². The second kappa shape index (κ2) is 9.55. The van der Waals surface area contributed by atoms with Crippen LogP contribution in [-0.4, -0.2) is 38.8 Å². The summed E-state index contributed by atoms with van der Waals surface area (Å²) in [7, 11) is 0. The van der Waals surface area contributed by atoms with E-state index >= 15 is 0 Å². The van der Waals surface area contributed by atoms with Gasteiger partial charge in [0.15, 0.2) is 6.61 Å². The van der Waals surface area contributed by atoms with E-state index in [0.29, 0.717) is 33.9 Å². The molecule has 1 aliphatic heterocycles. The number of esters is 1. The molecular weight excluding hydrogens is 472 g/mol. The number of furan rings is 1. The molecule has 0 N–H and O–H groups in total. The lowest BCUT2D eigenvalue weighted by molar-refractivity contribution is -0.153. The van der Waals surface area contributed by atoms with Crippen molar-refractivity contribution in [3.8, 4) is 0 Å². The summed E-state index contributed by atoms with van der Waals surface area (Å²) >= 11 is 5.99. The van der Waals surface area contributed by atoms with E-state index < -0.39 is 30.1 Å². The van der Waals surface area contributed by atoms with Crippen molar-refractivity contribution in [1.82, 2.24) is 14.6 Å². The summed E-state index contributed by atoms with van der Waals surface area (Å²) in [4.78, 5) is 41.9. The van der Waals surface area contributed by atoms with Gasteiger partial charge in [-0.25, -0.2) is 9.99 Å². The molecule has 0 saturated heterocycles. The van der Waals surface area contributed by atoms with Crippen LogP contribution >= 0.6 is 11.6 Å². The molecule has 1 unspecified atom stereocenters. The van der Waals surface area contributed by atoms with Crippen LogP contribution in [-0.2, 0) is 20.9 Å². The predicted octanol–water partition coefficient (Wildman–Crippen LogP) is 3.56. The zero-order valence-corrected chi connectivity index (χ0v) is 19.1. The largest absolute Gasteiger partial charge is 0.467 e. The van der Waals surface area contributed by atoms with Crippen LogP contribution in [0.5, 0.6) is 0 Å². The number of fused-ring (bicyclic) bond motifs is 1. The van der Waals surface area contributed by atoms with E-state index in [1.54, 1.807) is 48.5 Å². The third-order valence-corrected chi connectivity index (χ3v) is 5.86. The normalized spacial score (nSPS) is 15.3. The summed E-state index contributed by atoms with van der Waals surface area (Å²) in [6.45, 7) is -0.888. The quantitative estimate of drug-likeness (QED) is 0.382. The Balaban J connectivity index is 1.31.